The van der Waals surface area contributed by atoms with Gasteiger partial charge in [0, 0.05) is 31.2 Å². The molecule has 2 saturated carbocycles. The van der Waals surface area contributed by atoms with Crippen LogP contribution in [0.1, 0.15) is 64.2 Å². The Hall–Kier alpha value is -0.0800. The summed E-state index contributed by atoms with van der Waals surface area (Å²) in [5, 5.41) is 3.86. The van der Waals surface area contributed by atoms with Gasteiger partial charge in [0.05, 0.1) is 0 Å². The van der Waals surface area contributed by atoms with Gasteiger partial charge in [0.1, 0.15) is 0 Å². The molecule has 1 saturated heterocycles. The van der Waals surface area contributed by atoms with Crippen molar-refractivity contribution in [1.82, 2.24) is 10.2 Å². The van der Waals surface area contributed by atoms with Crippen LogP contribution < -0.4 is 5.32 Å². The Morgan fingerprint density at radius 2 is 1.59 bits per heavy atom. The normalized spacial score (nSPS) is 31.8. The highest BCUT2D eigenvalue weighted by Gasteiger charge is 2.38. The van der Waals surface area contributed by atoms with E-state index in [1.165, 1.54) is 83.8 Å². The number of piperazine rings is 1. The van der Waals surface area contributed by atoms with Crippen LogP contribution in [0.15, 0.2) is 0 Å². The maximum atomic E-state index is 3.86. The number of hydrogen-bond donors (Lipinski definition) is 1. The van der Waals surface area contributed by atoms with E-state index in [9.17, 15) is 0 Å². The molecule has 2 nitrogen and oxygen atoms in total. The highest BCUT2D eigenvalue weighted by molar-refractivity contribution is 4.98. The summed E-state index contributed by atoms with van der Waals surface area (Å²) >= 11 is 0. The van der Waals surface area contributed by atoms with E-state index in [0.717, 1.165) is 6.04 Å². The first-order valence-corrected chi connectivity index (χ1v) is 7.87. The molecule has 0 radical (unpaired) electrons. The maximum absolute atomic E-state index is 3.86. The van der Waals surface area contributed by atoms with E-state index in [1.54, 1.807) is 0 Å². The minimum Gasteiger partial charge on any atom is -0.309 e. The molecule has 1 aliphatic heterocycles. The second-order valence-electron chi connectivity index (χ2n) is 6.53. The molecule has 17 heavy (non-hydrogen) atoms. The summed E-state index contributed by atoms with van der Waals surface area (Å²) in [4.78, 5) is 2.83. The largest absolute Gasteiger partial charge is 0.309 e. The lowest BCUT2D eigenvalue weighted by Gasteiger charge is -2.49. The summed E-state index contributed by atoms with van der Waals surface area (Å²) < 4.78 is 0. The molecule has 0 atom stereocenters. The number of nitrogens with one attached hydrogen (secondary N) is 1. The Labute approximate surface area is 106 Å². The van der Waals surface area contributed by atoms with Gasteiger partial charge in [-0.25, -0.2) is 0 Å². The molecule has 1 heterocycles. The fourth-order valence-electron chi connectivity index (χ4n) is 4.31. The smallest absolute Gasteiger partial charge is 0.0309 e. The molecule has 3 rings (SSSR count). The molecule has 2 aliphatic carbocycles. The zero-order valence-electron chi connectivity index (χ0n) is 11.2. The second kappa shape index (κ2) is 5.27. The molecule has 0 aromatic rings. The van der Waals surface area contributed by atoms with Gasteiger partial charge in [-0.3, -0.25) is 4.90 Å². The topological polar surface area (TPSA) is 15.3 Å². The number of nitrogens with zero attached hydrogens (tertiary/aromatic N) is 1. The van der Waals surface area contributed by atoms with Crippen LogP contribution >= 0.6 is 0 Å². The van der Waals surface area contributed by atoms with Gasteiger partial charge in [-0.1, -0.05) is 38.5 Å². The molecular weight excluding hydrogens is 208 g/mol. The first kappa shape index (κ1) is 12.0. The number of rotatable bonds is 1. The van der Waals surface area contributed by atoms with Crippen LogP contribution in [0.2, 0.25) is 0 Å². The van der Waals surface area contributed by atoms with Crippen LogP contribution in [0.4, 0.5) is 0 Å². The van der Waals surface area contributed by atoms with Crippen molar-refractivity contribution in [2.24, 2.45) is 0 Å². The van der Waals surface area contributed by atoms with Crippen LogP contribution in [-0.4, -0.2) is 36.1 Å². The van der Waals surface area contributed by atoms with Gasteiger partial charge < -0.3 is 5.32 Å². The van der Waals surface area contributed by atoms with Crippen molar-refractivity contribution in [3.8, 4) is 0 Å². The Bertz CT molecular complexity index is 234. The molecule has 98 valence electrons. The molecule has 2 heteroatoms. The molecule has 3 fully saturated rings. The second-order valence-corrected chi connectivity index (χ2v) is 6.53. The van der Waals surface area contributed by atoms with Gasteiger partial charge in [0.25, 0.3) is 0 Å². The van der Waals surface area contributed by atoms with Crippen molar-refractivity contribution < 1.29 is 0 Å². The third kappa shape index (κ3) is 2.68. The van der Waals surface area contributed by atoms with Crippen LogP contribution in [0, 0.1) is 0 Å². The molecule has 1 spiro atoms. The lowest BCUT2D eigenvalue weighted by molar-refractivity contribution is 0.0541. The Morgan fingerprint density at radius 1 is 0.882 bits per heavy atom. The minimum absolute atomic E-state index is 0.508. The van der Waals surface area contributed by atoms with Crippen molar-refractivity contribution in [3.63, 3.8) is 0 Å². The van der Waals surface area contributed by atoms with E-state index in [-0.39, 0.29) is 0 Å². The Balaban J connectivity index is 1.61. The monoisotopic (exact) mass is 236 g/mol. The lowest BCUT2D eigenvalue weighted by atomic mass is 9.79. The fraction of sp³-hybridized carbons (Fsp3) is 1.00. The number of hydrogen-bond acceptors (Lipinski definition) is 2. The minimum atomic E-state index is 0.508. The van der Waals surface area contributed by atoms with Crippen LogP contribution in [0.5, 0.6) is 0 Å². The third-order valence-corrected chi connectivity index (χ3v) is 5.31. The third-order valence-electron chi connectivity index (χ3n) is 5.31. The van der Waals surface area contributed by atoms with E-state index in [1.807, 2.05) is 0 Å². The highest BCUT2D eigenvalue weighted by Crippen LogP contribution is 2.33. The average molecular weight is 236 g/mol. The van der Waals surface area contributed by atoms with E-state index >= 15 is 0 Å². The van der Waals surface area contributed by atoms with Crippen molar-refractivity contribution in [1.29, 1.82) is 0 Å². The molecule has 1 N–H and O–H groups in total. The average Bonchev–Trinajstić information content (AvgIpc) is 2.41. The maximum Gasteiger partial charge on any atom is 0.0309 e. The standard InChI is InChI=1S/C15H28N2/c1-3-7-14(8-4-1)17-12-11-16-15(13-17)9-5-2-6-10-15/h14,16H,1-13H2. The van der Waals surface area contributed by atoms with E-state index in [2.05, 4.69) is 10.2 Å². The molecule has 0 unspecified atom stereocenters. The van der Waals surface area contributed by atoms with Crippen LogP contribution in [0.25, 0.3) is 0 Å². The van der Waals surface area contributed by atoms with Gasteiger partial charge in [-0.2, -0.15) is 0 Å². The Kier molecular flexibility index (Phi) is 3.72. The van der Waals surface area contributed by atoms with Crippen molar-refractivity contribution in [2.75, 3.05) is 19.6 Å². The van der Waals surface area contributed by atoms with Gasteiger partial charge in [-0.05, 0) is 25.7 Å². The quantitative estimate of drug-likeness (QED) is 0.753. The van der Waals surface area contributed by atoms with Gasteiger partial charge in [0.2, 0.25) is 0 Å². The highest BCUT2D eigenvalue weighted by atomic mass is 15.2. The van der Waals surface area contributed by atoms with Gasteiger partial charge >= 0.3 is 0 Å². The molecule has 0 bridgehead atoms. The SMILES string of the molecule is C1CCC(N2CCNC3(CCCCC3)C2)CC1. The van der Waals surface area contributed by atoms with Crippen LogP contribution in [0.3, 0.4) is 0 Å². The van der Waals surface area contributed by atoms with E-state index < -0.39 is 0 Å². The predicted octanol–water partition coefficient (Wildman–Crippen LogP) is 2.93. The summed E-state index contributed by atoms with van der Waals surface area (Å²) in [6.45, 7) is 3.88. The fourth-order valence-corrected chi connectivity index (χ4v) is 4.31. The summed E-state index contributed by atoms with van der Waals surface area (Å²) in [7, 11) is 0. The van der Waals surface area contributed by atoms with Crippen molar-refractivity contribution in [3.05, 3.63) is 0 Å². The van der Waals surface area contributed by atoms with Gasteiger partial charge in [-0.15, -0.1) is 0 Å². The van der Waals surface area contributed by atoms with Crippen LogP contribution in [-0.2, 0) is 0 Å². The first-order chi connectivity index (χ1) is 8.38. The van der Waals surface area contributed by atoms with E-state index in [4.69, 9.17) is 0 Å². The molecular formula is C15H28N2. The summed E-state index contributed by atoms with van der Waals surface area (Å²) in [5.41, 5.74) is 0.508. The summed E-state index contributed by atoms with van der Waals surface area (Å²) in [6.07, 6.45) is 14.6. The molecule has 3 aliphatic rings. The predicted molar refractivity (Wildman–Crippen MR) is 72.3 cm³/mol. The molecule has 0 amide bonds. The van der Waals surface area contributed by atoms with Crippen molar-refractivity contribution in [2.45, 2.75) is 75.8 Å². The summed E-state index contributed by atoms with van der Waals surface area (Å²) in [6, 6.07) is 0.921. The zero-order chi connectivity index (χ0) is 11.6. The zero-order valence-corrected chi connectivity index (χ0v) is 11.2. The van der Waals surface area contributed by atoms with Gasteiger partial charge in [0.15, 0.2) is 0 Å². The lowest BCUT2D eigenvalue weighted by Crippen LogP contribution is -2.63. The van der Waals surface area contributed by atoms with E-state index in [0.29, 0.717) is 5.54 Å². The molecule has 0 aromatic carbocycles. The Morgan fingerprint density at radius 3 is 2.35 bits per heavy atom. The van der Waals surface area contributed by atoms with Crippen molar-refractivity contribution >= 4 is 0 Å². The first-order valence-electron chi connectivity index (χ1n) is 7.87. The molecule has 0 aromatic heterocycles. The summed E-state index contributed by atoms with van der Waals surface area (Å²) in [5.74, 6) is 0.